The predicted octanol–water partition coefficient (Wildman–Crippen LogP) is 2.56. The van der Waals surface area contributed by atoms with Crippen molar-refractivity contribution in [1.29, 1.82) is 0 Å². The van der Waals surface area contributed by atoms with E-state index in [0.717, 1.165) is 6.26 Å². The molecule has 0 aliphatic carbocycles. The van der Waals surface area contributed by atoms with Crippen LogP contribution in [0.4, 0.5) is 11.4 Å². The minimum atomic E-state index is -3.40. The number of hydrogen-bond acceptors (Lipinski definition) is 4. The molecule has 0 saturated heterocycles. The van der Waals surface area contributed by atoms with Gasteiger partial charge in [-0.25, -0.2) is 8.42 Å². The van der Waals surface area contributed by atoms with Crippen LogP contribution in [-0.4, -0.2) is 20.6 Å². The maximum absolute atomic E-state index is 11.8. The van der Waals surface area contributed by atoms with Crippen molar-refractivity contribution in [3.8, 4) is 0 Å². The van der Waals surface area contributed by atoms with E-state index in [1.165, 1.54) is 30.5 Å². The maximum atomic E-state index is 11.8. The quantitative estimate of drug-likeness (QED) is 0.907. The first-order valence-corrected chi connectivity index (χ1v) is 7.74. The number of hydrogen-bond donors (Lipinski definition) is 2. The molecule has 1 heterocycles. The molecular formula is C12H11ClN2O4S. The van der Waals surface area contributed by atoms with E-state index >= 15 is 0 Å². The Morgan fingerprint density at radius 3 is 2.65 bits per heavy atom. The highest BCUT2D eigenvalue weighted by atomic mass is 35.5. The van der Waals surface area contributed by atoms with Gasteiger partial charge in [-0.2, -0.15) is 0 Å². The third-order valence-corrected chi connectivity index (χ3v) is 3.20. The molecule has 2 rings (SSSR count). The van der Waals surface area contributed by atoms with Gasteiger partial charge in [-0.05, 0) is 30.3 Å². The standard InChI is InChI=1S/C12H11ClN2O4S/c1-20(17,18)15-8-4-5-9(13)10(7-8)14-12(16)11-3-2-6-19-11/h2-7,15H,1H3,(H,14,16). The van der Waals surface area contributed by atoms with Crippen molar-refractivity contribution in [2.75, 3.05) is 16.3 Å². The van der Waals surface area contributed by atoms with Gasteiger partial charge in [0.1, 0.15) is 0 Å². The summed E-state index contributed by atoms with van der Waals surface area (Å²) < 4.78 is 29.6. The van der Waals surface area contributed by atoms with E-state index in [1.807, 2.05) is 0 Å². The topological polar surface area (TPSA) is 88.4 Å². The number of amides is 1. The number of carbonyl (C=O) groups excluding carboxylic acids is 1. The molecule has 0 aliphatic rings. The molecule has 2 N–H and O–H groups in total. The number of benzene rings is 1. The van der Waals surface area contributed by atoms with Crippen LogP contribution >= 0.6 is 11.6 Å². The monoisotopic (exact) mass is 314 g/mol. The van der Waals surface area contributed by atoms with Crippen molar-refractivity contribution in [1.82, 2.24) is 0 Å². The Hall–Kier alpha value is -1.99. The predicted molar refractivity (Wildman–Crippen MR) is 76.6 cm³/mol. The Balaban J connectivity index is 2.23. The van der Waals surface area contributed by atoms with Crippen LogP contribution < -0.4 is 10.0 Å². The first-order chi connectivity index (χ1) is 9.35. The summed E-state index contributed by atoms with van der Waals surface area (Å²) in [6, 6.07) is 7.48. The Kier molecular flexibility index (Phi) is 4.01. The zero-order valence-electron chi connectivity index (χ0n) is 10.4. The van der Waals surface area contributed by atoms with Gasteiger partial charge in [0.05, 0.1) is 28.9 Å². The van der Waals surface area contributed by atoms with E-state index in [2.05, 4.69) is 10.0 Å². The van der Waals surface area contributed by atoms with E-state index in [0.29, 0.717) is 5.69 Å². The summed E-state index contributed by atoms with van der Waals surface area (Å²) in [5.41, 5.74) is 0.577. The van der Waals surface area contributed by atoms with Gasteiger partial charge in [0.2, 0.25) is 10.0 Å². The highest BCUT2D eigenvalue weighted by Crippen LogP contribution is 2.26. The normalized spacial score (nSPS) is 11.1. The molecule has 2 aromatic rings. The third-order valence-electron chi connectivity index (χ3n) is 2.26. The fourth-order valence-corrected chi connectivity index (χ4v) is 2.21. The number of rotatable bonds is 4. The second-order valence-electron chi connectivity index (χ2n) is 4.00. The summed E-state index contributed by atoms with van der Waals surface area (Å²) in [4.78, 5) is 11.8. The molecule has 1 aromatic heterocycles. The van der Waals surface area contributed by atoms with Crippen LogP contribution in [0.1, 0.15) is 10.6 Å². The second kappa shape index (κ2) is 5.56. The summed E-state index contributed by atoms with van der Waals surface area (Å²) in [6.07, 6.45) is 2.40. The van der Waals surface area contributed by atoms with Crippen molar-refractivity contribution >= 4 is 38.9 Å². The van der Waals surface area contributed by atoms with E-state index in [4.69, 9.17) is 16.0 Å². The van der Waals surface area contributed by atoms with Crippen LogP contribution in [0.5, 0.6) is 0 Å². The lowest BCUT2D eigenvalue weighted by Crippen LogP contribution is -2.13. The molecule has 1 amide bonds. The van der Waals surface area contributed by atoms with Crippen molar-refractivity contribution in [2.45, 2.75) is 0 Å². The zero-order valence-corrected chi connectivity index (χ0v) is 12.0. The van der Waals surface area contributed by atoms with Gasteiger partial charge < -0.3 is 9.73 Å². The van der Waals surface area contributed by atoms with Gasteiger partial charge in [-0.15, -0.1) is 0 Å². The van der Waals surface area contributed by atoms with E-state index in [1.54, 1.807) is 6.07 Å². The summed E-state index contributed by atoms with van der Waals surface area (Å²) >= 11 is 5.95. The van der Waals surface area contributed by atoms with Crippen LogP contribution in [0.15, 0.2) is 41.0 Å². The van der Waals surface area contributed by atoms with Crippen LogP contribution in [0.25, 0.3) is 0 Å². The molecule has 1 aromatic carbocycles. The minimum Gasteiger partial charge on any atom is -0.459 e. The van der Waals surface area contributed by atoms with Gasteiger partial charge in [0.15, 0.2) is 5.76 Å². The van der Waals surface area contributed by atoms with Gasteiger partial charge in [-0.3, -0.25) is 9.52 Å². The number of halogens is 1. The zero-order chi connectivity index (χ0) is 14.8. The van der Waals surface area contributed by atoms with Crippen molar-refractivity contribution in [2.24, 2.45) is 0 Å². The lowest BCUT2D eigenvalue weighted by molar-refractivity contribution is 0.0996. The fourth-order valence-electron chi connectivity index (χ4n) is 1.49. The van der Waals surface area contributed by atoms with Crippen LogP contribution in [0, 0.1) is 0 Å². The highest BCUT2D eigenvalue weighted by molar-refractivity contribution is 7.92. The van der Waals surface area contributed by atoms with E-state index in [9.17, 15) is 13.2 Å². The lowest BCUT2D eigenvalue weighted by Gasteiger charge is -2.09. The van der Waals surface area contributed by atoms with Gasteiger partial charge >= 0.3 is 0 Å². The van der Waals surface area contributed by atoms with Crippen molar-refractivity contribution < 1.29 is 17.6 Å². The number of furan rings is 1. The Labute approximate surface area is 120 Å². The lowest BCUT2D eigenvalue weighted by atomic mass is 10.2. The molecule has 0 aliphatic heterocycles. The van der Waals surface area contributed by atoms with Crippen molar-refractivity contribution in [3.05, 3.63) is 47.4 Å². The van der Waals surface area contributed by atoms with Gasteiger partial charge in [0.25, 0.3) is 5.91 Å². The minimum absolute atomic E-state index is 0.127. The molecule has 0 spiro atoms. The van der Waals surface area contributed by atoms with Crippen LogP contribution in [0.3, 0.4) is 0 Å². The molecule has 20 heavy (non-hydrogen) atoms. The summed E-state index contributed by atoms with van der Waals surface area (Å²) in [5.74, 6) is -0.351. The van der Waals surface area contributed by atoms with Gasteiger partial charge in [-0.1, -0.05) is 11.6 Å². The number of nitrogens with one attached hydrogen (secondary N) is 2. The number of anilines is 2. The summed E-state index contributed by atoms with van der Waals surface area (Å²) in [7, 11) is -3.40. The van der Waals surface area contributed by atoms with Crippen molar-refractivity contribution in [3.63, 3.8) is 0 Å². The summed E-state index contributed by atoms with van der Waals surface area (Å²) in [6.45, 7) is 0. The number of sulfonamides is 1. The number of carbonyl (C=O) groups is 1. The average Bonchev–Trinajstić information content (AvgIpc) is 2.85. The Bertz CT molecular complexity index is 726. The average molecular weight is 315 g/mol. The Morgan fingerprint density at radius 1 is 1.30 bits per heavy atom. The molecule has 106 valence electrons. The maximum Gasteiger partial charge on any atom is 0.291 e. The molecule has 0 saturated carbocycles. The third kappa shape index (κ3) is 3.75. The summed E-state index contributed by atoms with van der Waals surface area (Å²) in [5, 5.41) is 2.82. The van der Waals surface area contributed by atoms with E-state index in [-0.39, 0.29) is 16.5 Å². The van der Waals surface area contributed by atoms with Gasteiger partial charge in [0, 0.05) is 0 Å². The smallest absolute Gasteiger partial charge is 0.291 e. The SMILES string of the molecule is CS(=O)(=O)Nc1ccc(Cl)c(NC(=O)c2ccco2)c1. The fraction of sp³-hybridized carbons (Fsp3) is 0.0833. The molecule has 0 bridgehead atoms. The highest BCUT2D eigenvalue weighted by Gasteiger charge is 2.12. The first kappa shape index (κ1) is 14.4. The Morgan fingerprint density at radius 2 is 2.05 bits per heavy atom. The van der Waals surface area contributed by atoms with Crippen LogP contribution in [0.2, 0.25) is 5.02 Å². The molecular weight excluding hydrogens is 304 g/mol. The molecule has 0 unspecified atom stereocenters. The molecule has 0 atom stereocenters. The molecule has 8 heteroatoms. The second-order valence-corrected chi connectivity index (χ2v) is 6.16. The molecule has 0 fully saturated rings. The van der Waals surface area contributed by atoms with Crippen LogP contribution in [-0.2, 0) is 10.0 Å². The van der Waals surface area contributed by atoms with E-state index < -0.39 is 15.9 Å². The first-order valence-electron chi connectivity index (χ1n) is 5.47. The largest absolute Gasteiger partial charge is 0.459 e. The molecule has 0 radical (unpaired) electrons. The molecule has 6 nitrogen and oxygen atoms in total.